The van der Waals surface area contributed by atoms with E-state index in [9.17, 15) is 39.5 Å². The van der Waals surface area contributed by atoms with Gasteiger partial charge in [-0.3, -0.25) is 0 Å². The topological polar surface area (TPSA) is 152 Å². The Morgan fingerprint density at radius 3 is 1.12 bits per heavy atom. The molecule has 5 fully saturated rings. The van der Waals surface area contributed by atoms with E-state index in [2.05, 4.69) is 176 Å². The van der Waals surface area contributed by atoms with E-state index in [1.54, 1.807) is 24.3 Å². The Hall–Kier alpha value is -9.54. The highest BCUT2D eigenvalue weighted by Crippen LogP contribution is 2.53. The summed E-state index contributed by atoms with van der Waals surface area (Å²) < 4.78 is 183. The minimum absolute atomic E-state index is 0.0287. The first-order valence-corrected chi connectivity index (χ1v) is 44.2. The number of halogens is 10. The van der Waals surface area contributed by atoms with Crippen LogP contribution in [0.3, 0.4) is 0 Å². The molecule has 0 radical (unpaired) electrons. The minimum atomic E-state index is -0.858. The Bertz CT molecular complexity index is 5580. The number of hydrogen-bond donors (Lipinski definition) is 5. The van der Waals surface area contributed by atoms with Crippen LogP contribution in [0.4, 0.5) is 68.0 Å². The van der Waals surface area contributed by atoms with Gasteiger partial charge >= 0.3 is 0 Å². The zero-order valence-electron chi connectivity index (χ0n) is 73.1. The van der Waals surface area contributed by atoms with Crippen molar-refractivity contribution in [1.29, 1.82) is 0 Å². The average molecular weight is 1770 g/mol. The maximum atomic E-state index is 14.5. The third kappa shape index (κ3) is 19.3. The fraction of sp³-hybridized carbons (Fsp3) is 0.412. The minimum Gasteiger partial charge on any atom is -0.375 e. The third-order valence-corrected chi connectivity index (χ3v) is 26.2. The van der Waals surface area contributed by atoms with Crippen molar-refractivity contribution < 1.29 is 86.9 Å². The zero-order valence-corrected chi connectivity index (χ0v) is 73.9. The monoisotopic (exact) mass is 1770 g/mol. The Balaban J connectivity index is 0.000000117. The maximum Gasteiger partial charge on any atom is 0.159 e. The second kappa shape index (κ2) is 38.3. The summed E-state index contributed by atoms with van der Waals surface area (Å²) in [6.07, 6.45) is -0.735. The van der Waals surface area contributed by atoms with Crippen molar-refractivity contribution in [2.45, 2.75) is 216 Å². The van der Waals surface area contributed by atoms with Crippen LogP contribution in [-0.4, -0.2) is 83.7 Å². The van der Waals surface area contributed by atoms with Gasteiger partial charge < -0.3 is 74.0 Å². The molecule has 672 valence electrons. The smallest absolute Gasteiger partial charge is 0.159 e. The molecule has 20 rings (SSSR count). The molecule has 0 amide bonds. The molecule has 127 heavy (non-hydrogen) atoms. The number of ether oxygens (including phenoxy) is 10. The summed E-state index contributed by atoms with van der Waals surface area (Å²) in [4.78, 5) is 0. The number of fused-ring (bicyclic) bond motifs is 15. The quantitative estimate of drug-likeness (QED) is 0.0825. The highest BCUT2D eigenvalue weighted by molar-refractivity contribution is 6.31. The lowest BCUT2D eigenvalue weighted by atomic mass is 9.82. The molecule has 10 aromatic carbocycles. The molecule has 0 aromatic heterocycles. The van der Waals surface area contributed by atoms with Crippen LogP contribution in [0, 0.1) is 52.4 Å². The van der Waals surface area contributed by atoms with Gasteiger partial charge in [-0.2, -0.15) is 0 Å². The lowest BCUT2D eigenvalue weighted by molar-refractivity contribution is -0.151. The van der Waals surface area contributed by atoms with Crippen LogP contribution in [0.1, 0.15) is 258 Å². The number of nitrogens with one attached hydrogen (secondary N) is 5. The van der Waals surface area contributed by atoms with Gasteiger partial charge in [-0.15, -0.1) is 0 Å². The van der Waals surface area contributed by atoms with Gasteiger partial charge in [0.2, 0.25) is 0 Å². The highest BCUT2D eigenvalue weighted by atomic mass is 35.5. The number of anilines is 5. The standard InChI is InChI=1S/2C21H23F2NO2.C20H21ClFNO2.2C20H21F2NO2/c1-3-12(2)13-4-7-18-16(10-13)20-21(26-9-8-25-20)19(24-18)15-11-14(22)5-6-17(15)23;1-3-12(2)13-5-7-18-15(10-13)20-21(26-9-8-25-20)19(24-18)14-4-6-16(22)17(23)11-14;1-20(2,3)11-7-8-15-12(9-11)18-19(25-10-24-18)17(23-15)16-13(21)5-4-6-14(16)22;1-20(2,3)12-5-7-16-13(9-12)18-19(25-10-24-18)17(23-16)11-4-6-14(21)15(22)8-11;1-11(2)12-3-4-17-16(9-12)19-20(25-6-5-24-19)18(23-17)13-7-14(21)10-15(22)8-13/h2*4-7,10-12,19-21,24H,3,8-9H2,1-2H3;2*4-9,17-19,23H,10H2,1-3H3;3-4,7-11,18-20,23H,5-6H2,1-2H3. The Labute approximate surface area is 741 Å². The molecule has 0 bridgehead atoms. The molecule has 17 unspecified atom stereocenters. The molecule has 17 atom stereocenters. The first-order chi connectivity index (χ1) is 60.9. The summed E-state index contributed by atoms with van der Waals surface area (Å²) in [5.41, 5.74) is 18.7. The van der Waals surface area contributed by atoms with Crippen molar-refractivity contribution >= 4 is 40.0 Å². The van der Waals surface area contributed by atoms with Crippen molar-refractivity contribution in [3.63, 3.8) is 0 Å². The second-order valence-corrected chi connectivity index (χ2v) is 36.8. The van der Waals surface area contributed by atoms with Gasteiger partial charge in [0.05, 0.1) is 69.9 Å². The lowest BCUT2D eigenvalue weighted by Gasteiger charge is -2.43. The first-order valence-electron chi connectivity index (χ1n) is 43.8. The van der Waals surface area contributed by atoms with Gasteiger partial charge in [0.15, 0.2) is 23.3 Å². The Morgan fingerprint density at radius 1 is 0.315 bits per heavy atom. The summed E-state index contributed by atoms with van der Waals surface area (Å²) in [5, 5.41) is 17.4. The molecule has 10 aliphatic rings. The van der Waals surface area contributed by atoms with E-state index in [0.29, 0.717) is 84.7 Å². The average Bonchev–Trinajstić information content (AvgIpc) is 1.75. The first kappa shape index (κ1) is 90.8. The molecule has 10 aromatic rings. The second-order valence-electron chi connectivity index (χ2n) is 36.4. The molecule has 10 heterocycles. The summed E-state index contributed by atoms with van der Waals surface area (Å²) in [5.74, 6) is -4.52. The molecule has 0 spiro atoms. The van der Waals surface area contributed by atoms with Crippen molar-refractivity contribution in [3.8, 4) is 0 Å². The van der Waals surface area contributed by atoms with E-state index < -0.39 is 64.7 Å². The van der Waals surface area contributed by atoms with E-state index in [0.717, 1.165) is 99.4 Å². The van der Waals surface area contributed by atoms with Gasteiger partial charge in [-0.05, 0) is 183 Å². The number of hydrogen-bond acceptors (Lipinski definition) is 15. The fourth-order valence-electron chi connectivity index (χ4n) is 18.4. The van der Waals surface area contributed by atoms with E-state index >= 15 is 0 Å². The van der Waals surface area contributed by atoms with Crippen LogP contribution in [0.2, 0.25) is 5.02 Å². The van der Waals surface area contributed by atoms with Gasteiger partial charge in [-0.25, -0.2) is 39.5 Å². The van der Waals surface area contributed by atoms with Crippen LogP contribution >= 0.6 is 11.6 Å². The van der Waals surface area contributed by atoms with E-state index in [4.69, 9.17) is 59.0 Å². The molecule has 5 N–H and O–H groups in total. The number of benzene rings is 10. The highest BCUT2D eigenvalue weighted by Gasteiger charge is 2.49. The lowest BCUT2D eigenvalue weighted by Crippen LogP contribution is -2.43. The van der Waals surface area contributed by atoms with Crippen molar-refractivity contribution in [2.24, 2.45) is 0 Å². The van der Waals surface area contributed by atoms with Gasteiger partial charge in [-0.1, -0.05) is 174 Å². The summed E-state index contributed by atoms with van der Waals surface area (Å²) in [6.45, 7) is 29.4. The summed E-state index contributed by atoms with van der Waals surface area (Å²) >= 11 is 6.29. The van der Waals surface area contributed by atoms with E-state index in [1.165, 1.54) is 64.2 Å². The van der Waals surface area contributed by atoms with Crippen LogP contribution in [0.5, 0.6) is 0 Å². The predicted molar refractivity (Wildman–Crippen MR) is 472 cm³/mol. The SMILES string of the molecule is CC(C)(C)c1ccc2c(c1)C1OCOC1C(c1c(F)cccc1Cl)N2.CC(C)(C)c1ccc2c(c1)C1OCOC1C(c1ccc(F)c(F)c1)N2.CC(C)c1ccc2c(c1)C1OCCOC1C(c1cc(F)cc(F)c1)N2.CCC(C)c1ccc2c(c1)C1OCCOC1C(c1cc(F)ccc1F)N2.CCC(C)c1ccc2c(c1)C1OCCOC1C(c1ccc(F)c(F)c1)N2. The molecule has 25 heteroatoms. The third-order valence-electron chi connectivity index (χ3n) is 25.9. The van der Waals surface area contributed by atoms with Gasteiger partial charge in [0, 0.05) is 78.5 Å². The molecule has 10 aliphatic heterocycles. The Morgan fingerprint density at radius 2 is 0.685 bits per heavy atom. The summed E-state index contributed by atoms with van der Waals surface area (Å²) in [7, 11) is 0. The van der Waals surface area contributed by atoms with Crippen LogP contribution in [-0.2, 0) is 58.2 Å². The molecule has 0 aliphatic carbocycles. The maximum absolute atomic E-state index is 14.5. The van der Waals surface area contributed by atoms with Gasteiger partial charge in [0.1, 0.15) is 104 Å². The van der Waals surface area contributed by atoms with Crippen molar-refractivity contribution in [1.82, 2.24) is 0 Å². The van der Waals surface area contributed by atoms with E-state index in [-0.39, 0.29) is 109 Å². The van der Waals surface area contributed by atoms with Crippen LogP contribution in [0.15, 0.2) is 182 Å². The van der Waals surface area contributed by atoms with Crippen molar-refractivity contribution in [2.75, 3.05) is 79.8 Å². The normalized spacial score (nSPS) is 25.5. The largest absolute Gasteiger partial charge is 0.375 e. The van der Waals surface area contributed by atoms with Crippen LogP contribution in [0.25, 0.3) is 0 Å². The van der Waals surface area contributed by atoms with Crippen molar-refractivity contribution in [3.05, 3.63) is 323 Å². The molecule has 0 saturated carbocycles. The fourth-order valence-corrected chi connectivity index (χ4v) is 18.7. The molecule has 15 nitrogen and oxygen atoms in total. The molecular formula is C102H109ClF9N5O10. The van der Waals surface area contributed by atoms with Crippen LogP contribution < -0.4 is 26.6 Å². The Kier molecular flexibility index (Phi) is 27.3. The number of rotatable bonds is 10. The predicted octanol–water partition coefficient (Wildman–Crippen LogP) is 25.1. The zero-order chi connectivity index (χ0) is 89.6. The van der Waals surface area contributed by atoms with Gasteiger partial charge in [0.25, 0.3) is 0 Å². The van der Waals surface area contributed by atoms with E-state index in [1.807, 2.05) is 24.3 Å². The molecule has 5 saturated heterocycles. The molecular weight excluding hydrogens is 1660 g/mol. The summed E-state index contributed by atoms with van der Waals surface area (Å²) in [6, 6.07) is 49.3.